The number of nitrogens with one attached hydrogen (secondary N) is 1. The van der Waals surface area contributed by atoms with E-state index in [9.17, 15) is 17.2 Å². The molecule has 2 aromatic carbocycles. The molecule has 0 amide bonds. The van der Waals surface area contributed by atoms with Gasteiger partial charge in [0.05, 0.1) is 6.54 Å². The van der Waals surface area contributed by atoms with Crippen molar-refractivity contribution < 1.29 is 17.2 Å². The summed E-state index contributed by atoms with van der Waals surface area (Å²) in [6.07, 6.45) is 1.36. The smallest absolute Gasteiger partial charge is 0.246 e. The fourth-order valence-corrected chi connectivity index (χ4v) is 3.17. The molecule has 25 heavy (non-hydrogen) atoms. The molecule has 0 aliphatic carbocycles. The first-order valence-electron chi connectivity index (χ1n) is 7.26. The summed E-state index contributed by atoms with van der Waals surface area (Å²) in [6.45, 7) is 2.38. The number of aromatic nitrogens is 3. The van der Waals surface area contributed by atoms with E-state index in [0.29, 0.717) is 12.6 Å². The number of hydrogen-bond acceptors (Lipinski definition) is 4. The number of aryl methyl sites for hydroxylation is 1. The van der Waals surface area contributed by atoms with Crippen molar-refractivity contribution in [2.24, 2.45) is 0 Å². The fraction of sp³-hybridized carbons (Fsp3) is 0.125. The number of sulfonamides is 1. The van der Waals surface area contributed by atoms with Crippen LogP contribution >= 0.6 is 0 Å². The fourth-order valence-electron chi connectivity index (χ4n) is 2.17. The summed E-state index contributed by atoms with van der Waals surface area (Å²) in [5.74, 6) is -2.25. The largest absolute Gasteiger partial charge is 0.267 e. The molecule has 0 atom stereocenters. The first-order valence-corrected chi connectivity index (χ1v) is 8.75. The monoisotopic (exact) mass is 364 g/mol. The van der Waals surface area contributed by atoms with Crippen molar-refractivity contribution in [2.75, 3.05) is 4.72 Å². The maximum absolute atomic E-state index is 13.7. The molecule has 0 fully saturated rings. The lowest BCUT2D eigenvalue weighted by molar-refractivity contribution is 0.551. The van der Waals surface area contributed by atoms with Crippen LogP contribution < -0.4 is 4.72 Å². The van der Waals surface area contributed by atoms with Crippen LogP contribution in [0.5, 0.6) is 0 Å². The Morgan fingerprint density at radius 3 is 2.52 bits per heavy atom. The molecule has 3 aromatic rings. The first kappa shape index (κ1) is 17.0. The molecular formula is C16H14F2N4O2S. The molecule has 9 heteroatoms. The van der Waals surface area contributed by atoms with Crippen molar-refractivity contribution in [3.05, 3.63) is 71.6 Å². The molecule has 1 heterocycles. The zero-order valence-electron chi connectivity index (χ0n) is 13.1. The van der Waals surface area contributed by atoms with Crippen molar-refractivity contribution in [1.29, 1.82) is 0 Å². The number of anilines is 1. The van der Waals surface area contributed by atoms with Crippen LogP contribution in [0.25, 0.3) is 0 Å². The second-order valence-electron chi connectivity index (χ2n) is 5.43. The van der Waals surface area contributed by atoms with Crippen LogP contribution in [-0.4, -0.2) is 23.2 Å². The van der Waals surface area contributed by atoms with Gasteiger partial charge in [-0.25, -0.2) is 26.6 Å². The quantitative estimate of drug-likeness (QED) is 0.755. The first-order chi connectivity index (χ1) is 11.8. The third kappa shape index (κ3) is 4.00. The molecule has 0 aliphatic rings. The van der Waals surface area contributed by atoms with Gasteiger partial charge in [0.1, 0.15) is 22.9 Å². The second kappa shape index (κ2) is 6.60. The lowest BCUT2D eigenvalue weighted by atomic mass is 10.1. The average molecular weight is 364 g/mol. The molecular weight excluding hydrogens is 350 g/mol. The highest BCUT2D eigenvalue weighted by molar-refractivity contribution is 7.92. The van der Waals surface area contributed by atoms with Gasteiger partial charge in [-0.3, -0.25) is 0 Å². The predicted molar refractivity (Wildman–Crippen MR) is 87.5 cm³/mol. The Labute approximate surface area is 143 Å². The third-order valence-corrected chi connectivity index (χ3v) is 4.77. The maximum atomic E-state index is 13.7. The van der Waals surface area contributed by atoms with Gasteiger partial charge in [-0.05, 0) is 24.6 Å². The second-order valence-corrected chi connectivity index (χ2v) is 7.08. The molecule has 0 saturated heterocycles. The Hall–Kier alpha value is -2.81. The van der Waals surface area contributed by atoms with Crippen molar-refractivity contribution in [2.45, 2.75) is 18.4 Å². The molecule has 1 aromatic heterocycles. The third-order valence-electron chi connectivity index (χ3n) is 3.41. The van der Waals surface area contributed by atoms with Gasteiger partial charge in [-0.15, -0.1) is 5.10 Å². The van der Waals surface area contributed by atoms with Crippen LogP contribution in [-0.2, 0) is 16.6 Å². The number of halogens is 2. The molecule has 6 nitrogen and oxygen atoms in total. The summed E-state index contributed by atoms with van der Waals surface area (Å²) in [7, 11) is -4.26. The summed E-state index contributed by atoms with van der Waals surface area (Å²) < 4.78 is 54.5. The van der Waals surface area contributed by atoms with E-state index in [1.165, 1.54) is 11.0 Å². The zero-order valence-corrected chi connectivity index (χ0v) is 14.0. The van der Waals surface area contributed by atoms with E-state index < -0.39 is 26.6 Å². The van der Waals surface area contributed by atoms with E-state index in [1.807, 2.05) is 31.2 Å². The van der Waals surface area contributed by atoms with Gasteiger partial charge in [0.15, 0.2) is 0 Å². The van der Waals surface area contributed by atoms with Gasteiger partial charge in [0, 0.05) is 6.07 Å². The van der Waals surface area contributed by atoms with Gasteiger partial charge in [-0.2, -0.15) is 4.98 Å². The summed E-state index contributed by atoms with van der Waals surface area (Å²) in [5.41, 5.74) is 2.09. The molecule has 130 valence electrons. The van der Waals surface area contributed by atoms with E-state index in [0.717, 1.165) is 23.3 Å². The highest BCUT2D eigenvalue weighted by Gasteiger charge is 2.21. The Morgan fingerprint density at radius 1 is 1.12 bits per heavy atom. The standard InChI is InChI=1S/C16H14F2N4O2S/c1-11-2-4-12(5-3-11)9-22-10-19-16(20-22)21-25(23,24)15-7-6-13(17)8-14(15)18/h2-8,10H,9H2,1H3,(H,20,21). The van der Waals surface area contributed by atoms with Crippen molar-refractivity contribution in [1.82, 2.24) is 14.8 Å². The summed E-state index contributed by atoms with van der Waals surface area (Å²) in [6, 6.07) is 9.96. The van der Waals surface area contributed by atoms with Crippen LogP contribution in [0.15, 0.2) is 53.7 Å². The van der Waals surface area contributed by atoms with E-state index in [4.69, 9.17) is 0 Å². The molecule has 0 unspecified atom stereocenters. The summed E-state index contributed by atoms with van der Waals surface area (Å²) >= 11 is 0. The van der Waals surface area contributed by atoms with E-state index >= 15 is 0 Å². The normalized spacial score (nSPS) is 11.5. The minimum Gasteiger partial charge on any atom is -0.246 e. The Kier molecular flexibility index (Phi) is 4.49. The molecule has 0 bridgehead atoms. The van der Waals surface area contributed by atoms with Crippen LogP contribution in [0.2, 0.25) is 0 Å². The Morgan fingerprint density at radius 2 is 1.84 bits per heavy atom. The van der Waals surface area contributed by atoms with Crippen LogP contribution in [0.4, 0.5) is 14.7 Å². The number of benzene rings is 2. The predicted octanol–water partition coefficient (Wildman–Crippen LogP) is 2.71. The molecule has 1 N–H and O–H groups in total. The molecule has 0 saturated carbocycles. The van der Waals surface area contributed by atoms with Crippen molar-refractivity contribution in [3.63, 3.8) is 0 Å². The van der Waals surface area contributed by atoms with Gasteiger partial charge in [0.2, 0.25) is 0 Å². The lowest BCUT2D eigenvalue weighted by Crippen LogP contribution is -2.16. The van der Waals surface area contributed by atoms with Gasteiger partial charge < -0.3 is 0 Å². The Bertz CT molecular complexity index is 1000. The van der Waals surface area contributed by atoms with Gasteiger partial charge in [-0.1, -0.05) is 29.8 Å². The minimum absolute atomic E-state index is 0.198. The average Bonchev–Trinajstić information content (AvgIpc) is 2.95. The highest BCUT2D eigenvalue weighted by Crippen LogP contribution is 2.18. The van der Waals surface area contributed by atoms with Crippen LogP contribution in [0, 0.1) is 18.6 Å². The van der Waals surface area contributed by atoms with Gasteiger partial charge >= 0.3 is 0 Å². The minimum atomic E-state index is -4.26. The van der Waals surface area contributed by atoms with E-state index in [2.05, 4.69) is 14.8 Å². The number of hydrogen-bond donors (Lipinski definition) is 1. The highest BCUT2D eigenvalue weighted by atomic mass is 32.2. The maximum Gasteiger partial charge on any atom is 0.267 e. The zero-order chi connectivity index (χ0) is 18.0. The van der Waals surface area contributed by atoms with E-state index in [1.54, 1.807) is 0 Å². The van der Waals surface area contributed by atoms with Crippen molar-refractivity contribution >= 4 is 16.0 Å². The molecule has 0 radical (unpaired) electrons. The van der Waals surface area contributed by atoms with Crippen molar-refractivity contribution in [3.8, 4) is 0 Å². The van der Waals surface area contributed by atoms with Crippen LogP contribution in [0.1, 0.15) is 11.1 Å². The lowest BCUT2D eigenvalue weighted by Gasteiger charge is -2.06. The van der Waals surface area contributed by atoms with Crippen LogP contribution in [0.3, 0.4) is 0 Å². The Balaban J connectivity index is 1.77. The topological polar surface area (TPSA) is 76.9 Å². The van der Waals surface area contributed by atoms with Gasteiger partial charge in [0.25, 0.3) is 16.0 Å². The summed E-state index contributed by atoms with van der Waals surface area (Å²) in [4.78, 5) is 3.18. The molecule has 3 rings (SSSR count). The summed E-state index contributed by atoms with van der Waals surface area (Å²) in [5, 5.41) is 4.00. The molecule has 0 aliphatic heterocycles. The number of nitrogens with zero attached hydrogens (tertiary/aromatic N) is 3. The number of rotatable bonds is 5. The van der Waals surface area contributed by atoms with E-state index in [-0.39, 0.29) is 5.95 Å². The molecule has 0 spiro atoms. The SMILES string of the molecule is Cc1ccc(Cn2cnc(NS(=O)(=O)c3ccc(F)cc3F)n2)cc1.